The fourth-order valence-corrected chi connectivity index (χ4v) is 1.23. The van der Waals surface area contributed by atoms with E-state index in [1.165, 1.54) is 7.05 Å². The third-order valence-corrected chi connectivity index (χ3v) is 1.94. The molecule has 6 heteroatoms. The molecule has 1 nitrogen and oxygen atoms in total. The Morgan fingerprint density at radius 2 is 1.86 bits per heavy atom. The SMILES string of the molecule is CNc1cc(Cl)c(C(F)(F)F)cc1F. The first kappa shape index (κ1) is 11.1. The van der Waals surface area contributed by atoms with Gasteiger partial charge in [0.05, 0.1) is 16.3 Å². The molecular formula is C8H6ClF4N. The summed E-state index contributed by atoms with van der Waals surface area (Å²) in [5, 5.41) is 1.86. The molecule has 0 aliphatic heterocycles. The van der Waals surface area contributed by atoms with Crippen LogP contribution in [0.25, 0.3) is 0 Å². The van der Waals surface area contributed by atoms with Gasteiger partial charge in [-0.25, -0.2) is 4.39 Å². The fourth-order valence-electron chi connectivity index (χ4n) is 0.956. The highest BCUT2D eigenvalue weighted by Gasteiger charge is 2.34. The van der Waals surface area contributed by atoms with Crippen LogP contribution in [0.4, 0.5) is 23.2 Å². The third-order valence-electron chi connectivity index (χ3n) is 1.63. The van der Waals surface area contributed by atoms with Crippen molar-refractivity contribution in [2.45, 2.75) is 6.18 Å². The van der Waals surface area contributed by atoms with Crippen molar-refractivity contribution in [2.75, 3.05) is 12.4 Å². The molecule has 0 atom stereocenters. The van der Waals surface area contributed by atoms with E-state index in [2.05, 4.69) is 5.32 Å². The largest absolute Gasteiger partial charge is 0.417 e. The van der Waals surface area contributed by atoms with Crippen LogP contribution >= 0.6 is 11.6 Å². The average Bonchev–Trinajstić information content (AvgIpc) is 2.06. The molecule has 0 aliphatic rings. The normalized spacial score (nSPS) is 11.6. The summed E-state index contributed by atoms with van der Waals surface area (Å²) in [4.78, 5) is 0. The molecule has 0 spiro atoms. The van der Waals surface area contributed by atoms with E-state index in [1.807, 2.05) is 0 Å². The highest BCUT2D eigenvalue weighted by atomic mass is 35.5. The Morgan fingerprint density at radius 1 is 1.29 bits per heavy atom. The molecule has 0 heterocycles. The van der Waals surface area contributed by atoms with Gasteiger partial charge < -0.3 is 5.32 Å². The zero-order valence-electron chi connectivity index (χ0n) is 7.04. The Morgan fingerprint density at radius 3 is 2.29 bits per heavy atom. The number of anilines is 1. The molecule has 0 aromatic heterocycles. The van der Waals surface area contributed by atoms with Gasteiger partial charge in [0, 0.05) is 7.05 Å². The number of hydrogen-bond donors (Lipinski definition) is 1. The fraction of sp³-hybridized carbons (Fsp3) is 0.250. The average molecular weight is 228 g/mol. The summed E-state index contributed by atoms with van der Waals surface area (Å²) in [6.45, 7) is 0. The van der Waals surface area contributed by atoms with Crippen LogP contribution < -0.4 is 5.32 Å². The molecule has 0 bridgehead atoms. The van der Waals surface area contributed by atoms with Gasteiger partial charge in [-0.3, -0.25) is 0 Å². The van der Waals surface area contributed by atoms with Crippen molar-refractivity contribution in [2.24, 2.45) is 0 Å². The molecule has 14 heavy (non-hydrogen) atoms. The Kier molecular flexibility index (Phi) is 2.89. The van der Waals surface area contributed by atoms with Crippen molar-refractivity contribution in [3.63, 3.8) is 0 Å². The van der Waals surface area contributed by atoms with Crippen molar-refractivity contribution < 1.29 is 17.6 Å². The van der Waals surface area contributed by atoms with E-state index in [0.29, 0.717) is 6.07 Å². The molecule has 0 saturated heterocycles. The van der Waals surface area contributed by atoms with Gasteiger partial charge in [0.25, 0.3) is 0 Å². The first-order valence-corrected chi connectivity index (χ1v) is 3.98. The van der Waals surface area contributed by atoms with Gasteiger partial charge >= 0.3 is 6.18 Å². The standard InChI is InChI=1S/C8H6ClF4N/c1-14-7-3-5(9)4(2-6(7)10)8(11,12)13/h2-3,14H,1H3. The predicted molar refractivity (Wildman–Crippen MR) is 46.0 cm³/mol. The number of halogens is 5. The lowest BCUT2D eigenvalue weighted by atomic mass is 10.2. The first-order valence-electron chi connectivity index (χ1n) is 3.60. The lowest BCUT2D eigenvalue weighted by Crippen LogP contribution is -2.07. The van der Waals surface area contributed by atoms with Gasteiger partial charge in [-0.15, -0.1) is 0 Å². The topological polar surface area (TPSA) is 12.0 Å². The Bertz CT molecular complexity index is 348. The maximum atomic E-state index is 12.9. The Labute approximate surface area is 82.7 Å². The molecule has 0 amide bonds. The zero-order valence-corrected chi connectivity index (χ0v) is 7.80. The minimum Gasteiger partial charge on any atom is -0.386 e. The first-order chi connectivity index (χ1) is 6.36. The van der Waals surface area contributed by atoms with Crippen molar-refractivity contribution >= 4 is 17.3 Å². The summed E-state index contributed by atoms with van der Waals surface area (Å²) in [7, 11) is 1.39. The van der Waals surface area contributed by atoms with Crippen LogP contribution in [0.5, 0.6) is 0 Å². The maximum Gasteiger partial charge on any atom is 0.417 e. The van der Waals surface area contributed by atoms with Crippen LogP contribution in [0.2, 0.25) is 5.02 Å². The summed E-state index contributed by atoms with van der Waals surface area (Å²) in [6, 6.07) is 1.27. The molecule has 0 saturated carbocycles. The smallest absolute Gasteiger partial charge is 0.386 e. The lowest BCUT2D eigenvalue weighted by molar-refractivity contribution is -0.137. The quantitative estimate of drug-likeness (QED) is 0.724. The van der Waals surface area contributed by atoms with E-state index in [9.17, 15) is 17.6 Å². The molecule has 1 aromatic carbocycles. The second kappa shape index (κ2) is 3.65. The molecule has 0 fully saturated rings. The highest BCUT2D eigenvalue weighted by molar-refractivity contribution is 6.31. The van der Waals surface area contributed by atoms with Gasteiger partial charge in [-0.1, -0.05) is 11.6 Å². The van der Waals surface area contributed by atoms with Gasteiger partial charge in [-0.05, 0) is 12.1 Å². The summed E-state index contributed by atoms with van der Waals surface area (Å²) >= 11 is 5.34. The third kappa shape index (κ3) is 2.09. The van der Waals surface area contributed by atoms with E-state index in [-0.39, 0.29) is 5.69 Å². The van der Waals surface area contributed by atoms with Crippen LogP contribution in [0.3, 0.4) is 0 Å². The summed E-state index contributed by atoms with van der Waals surface area (Å²) in [5.74, 6) is -0.982. The Balaban J connectivity index is 3.29. The zero-order chi connectivity index (χ0) is 10.9. The minimum absolute atomic E-state index is 0.0667. The van der Waals surface area contributed by atoms with Crippen molar-refractivity contribution in [1.82, 2.24) is 0 Å². The lowest BCUT2D eigenvalue weighted by Gasteiger charge is -2.11. The van der Waals surface area contributed by atoms with E-state index in [1.54, 1.807) is 0 Å². The van der Waals surface area contributed by atoms with Crippen molar-refractivity contribution in [3.8, 4) is 0 Å². The van der Waals surface area contributed by atoms with Crippen LogP contribution in [0.1, 0.15) is 5.56 Å². The van der Waals surface area contributed by atoms with E-state index < -0.39 is 22.6 Å². The van der Waals surface area contributed by atoms with Crippen LogP contribution in [-0.2, 0) is 6.18 Å². The van der Waals surface area contributed by atoms with E-state index >= 15 is 0 Å². The van der Waals surface area contributed by atoms with Crippen molar-refractivity contribution in [3.05, 3.63) is 28.5 Å². The number of rotatable bonds is 1. The van der Waals surface area contributed by atoms with E-state index in [0.717, 1.165) is 6.07 Å². The second-order valence-corrected chi connectivity index (χ2v) is 2.97. The predicted octanol–water partition coefficient (Wildman–Crippen LogP) is 3.54. The van der Waals surface area contributed by atoms with Gasteiger partial charge in [0.2, 0.25) is 0 Å². The molecule has 1 rings (SSSR count). The monoisotopic (exact) mass is 227 g/mol. The molecule has 0 unspecified atom stereocenters. The summed E-state index contributed by atoms with van der Waals surface area (Å²) in [6.07, 6.45) is -4.63. The number of hydrogen-bond acceptors (Lipinski definition) is 1. The summed E-state index contributed by atoms with van der Waals surface area (Å²) < 4.78 is 49.5. The number of alkyl halides is 3. The molecule has 78 valence electrons. The number of benzene rings is 1. The second-order valence-electron chi connectivity index (χ2n) is 2.56. The molecule has 1 aromatic rings. The molecular weight excluding hydrogens is 222 g/mol. The molecule has 0 radical (unpaired) electrons. The van der Waals surface area contributed by atoms with Crippen molar-refractivity contribution in [1.29, 1.82) is 0 Å². The van der Waals surface area contributed by atoms with Gasteiger partial charge in [0.15, 0.2) is 0 Å². The maximum absolute atomic E-state index is 12.9. The van der Waals surface area contributed by atoms with Gasteiger partial charge in [0.1, 0.15) is 5.82 Å². The Hall–Kier alpha value is -0.970. The van der Waals surface area contributed by atoms with E-state index in [4.69, 9.17) is 11.6 Å². The van der Waals surface area contributed by atoms with Crippen LogP contribution in [-0.4, -0.2) is 7.05 Å². The summed E-state index contributed by atoms with van der Waals surface area (Å²) in [5.41, 5.74) is -1.24. The highest BCUT2D eigenvalue weighted by Crippen LogP contribution is 2.36. The molecule has 1 N–H and O–H groups in total. The van der Waals surface area contributed by atoms with Crippen LogP contribution in [0.15, 0.2) is 12.1 Å². The number of nitrogens with one attached hydrogen (secondary N) is 1. The van der Waals surface area contributed by atoms with Crippen LogP contribution in [0, 0.1) is 5.82 Å². The van der Waals surface area contributed by atoms with Gasteiger partial charge in [-0.2, -0.15) is 13.2 Å². The molecule has 0 aliphatic carbocycles. The minimum atomic E-state index is -4.63.